The molecule has 1 aromatic rings. The molecule has 0 bridgehead atoms. The molecule has 74 valence electrons. The molecule has 0 saturated carbocycles. The van der Waals surface area contributed by atoms with Gasteiger partial charge in [-0.25, -0.2) is 4.79 Å². The molecule has 0 amide bonds. The maximum absolute atomic E-state index is 10.9. The minimum atomic E-state index is -0.889. The zero-order chi connectivity index (χ0) is 9.97. The van der Waals surface area contributed by atoms with Gasteiger partial charge in [-0.2, -0.15) is 0 Å². The third kappa shape index (κ3) is 1.61. The van der Waals surface area contributed by atoms with Crippen LogP contribution >= 0.6 is 0 Å². The van der Waals surface area contributed by atoms with Gasteiger partial charge >= 0.3 is 5.97 Å². The largest absolute Gasteiger partial charge is 0.478 e. The first kappa shape index (κ1) is 9.15. The SMILES string of the molecule is O=C(O)c1cccnc1C1CCNC1. The summed E-state index contributed by atoms with van der Waals surface area (Å²) in [6.45, 7) is 1.78. The van der Waals surface area contributed by atoms with Gasteiger partial charge in [-0.15, -0.1) is 0 Å². The molecule has 1 fully saturated rings. The van der Waals surface area contributed by atoms with Crippen LogP contribution in [0.2, 0.25) is 0 Å². The quantitative estimate of drug-likeness (QED) is 0.729. The number of rotatable bonds is 2. The summed E-state index contributed by atoms with van der Waals surface area (Å²) in [5.74, 6) is -0.637. The first-order valence-corrected chi connectivity index (χ1v) is 4.68. The number of pyridine rings is 1. The molecule has 1 aliphatic rings. The van der Waals surface area contributed by atoms with Crippen LogP contribution in [0.3, 0.4) is 0 Å². The van der Waals surface area contributed by atoms with E-state index in [4.69, 9.17) is 5.11 Å². The van der Waals surface area contributed by atoms with Crippen molar-refractivity contribution in [2.75, 3.05) is 13.1 Å². The first-order chi connectivity index (χ1) is 6.79. The molecule has 0 aliphatic carbocycles. The number of hydrogen-bond acceptors (Lipinski definition) is 3. The number of carbonyl (C=O) groups is 1. The second-order valence-electron chi connectivity index (χ2n) is 3.43. The van der Waals surface area contributed by atoms with Crippen molar-refractivity contribution in [2.45, 2.75) is 12.3 Å². The van der Waals surface area contributed by atoms with E-state index in [1.54, 1.807) is 18.3 Å². The molecule has 1 saturated heterocycles. The lowest BCUT2D eigenvalue weighted by Crippen LogP contribution is -2.12. The fourth-order valence-electron chi connectivity index (χ4n) is 1.81. The summed E-state index contributed by atoms with van der Waals surface area (Å²) in [6, 6.07) is 3.28. The summed E-state index contributed by atoms with van der Waals surface area (Å²) in [7, 11) is 0. The van der Waals surface area contributed by atoms with Gasteiger partial charge in [0, 0.05) is 18.7 Å². The van der Waals surface area contributed by atoms with Gasteiger partial charge in [-0.3, -0.25) is 4.98 Å². The molecule has 2 heterocycles. The molecule has 1 atom stereocenters. The van der Waals surface area contributed by atoms with E-state index in [0.717, 1.165) is 19.5 Å². The van der Waals surface area contributed by atoms with Crippen molar-refractivity contribution in [2.24, 2.45) is 0 Å². The number of aromatic nitrogens is 1. The van der Waals surface area contributed by atoms with Crippen LogP contribution in [0.25, 0.3) is 0 Å². The maximum atomic E-state index is 10.9. The topological polar surface area (TPSA) is 62.2 Å². The van der Waals surface area contributed by atoms with E-state index < -0.39 is 5.97 Å². The molecule has 2 N–H and O–H groups in total. The van der Waals surface area contributed by atoms with E-state index in [2.05, 4.69) is 10.3 Å². The molecular weight excluding hydrogens is 180 g/mol. The number of carboxylic acid groups (broad SMARTS) is 1. The molecule has 0 spiro atoms. The van der Waals surface area contributed by atoms with Gasteiger partial charge in [-0.05, 0) is 25.1 Å². The molecule has 4 nitrogen and oxygen atoms in total. The average Bonchev–Trinajstić information content (AvgIpc) is 2.70. The Bertz CT molecular complexity index is 346. The van der Waals surface area contributed by atoms with E-state index in [1.807, 2.05) is 0 Å². The van der Waals surface area contributed by atoms with Gasteiger partial charge in [0.2, 0.25) is 0 Å². The first-order valence-electron chi connectivity index (χ1n) is 4.68. The number of nitrogens with one attached hydrogen (secondary N) is 1. The summed E-state index contributed by atoms with van der Waals surface area (Å²) in [5, 5.41) is 12.2. The highest BCUT2D eigenvalue weighted by Crippen LogP contribution is 2.23. The van der Waals surface area contributed by atoms with E-state index in [9.17, 15) is 4.79 Å². The molecule has 1 aliphatic heterocycles. The Balaban J connectivity index is 2.35. The molecule has 0 radical (unpaired) electrons. The number of nitrogens with zero attached hydrogens (tertiary/aromatic N) is 1. The van der Waals surface area contributed by atoms with Crippen LogP contribution in [0.5, 0.6) is 0 Å². The summed E-state index contributed by atoms with van der Waals surface area (Å²) >= 11 is 0. The van der Waals surface area contributed by atoms with E-state index >= 15 is 0 Å². The van der Waals surface area contributed by atoms with Crippen LogP contribution in [0, 0.1) is 0 Å². The standard InChI is InChI=1S/C10H12N2O2/c13-10(14)8-2-1-4-12-9(8)7-3-5-11-6-7/h1-2,4,7,11H,3,5-6H2,(H,13,14). The van der Waals surface area contributed by atoms with Gasteiger partial charge in [0.15, 0.2) is 0 Å². The smallest absolute Gasteiger partial charge is 0.337 e. The second-order valence-corrected chi connectivity index (χ2v) is 3.43. The molecule has 1 unspecified atom stereocenters. The third-order valence-electron chi connectivity index (χ3n) is 2.52. The zero-order valence-corrected chi connectivity index (χ0v) is 7.73. The Kier molecular flexibility index (Phi) is 2.45. The predicted molar refractivity (Wildman–Crippen MR) is 51.4 cm³/mol. The van der Waals surface area contributed by atoms with Crippen LogP contribution < -0.4 is 5.32 Å². The molecule has 0 aromatic carbocycles. The molecule has 14 heavy (non-hydrogen) atoms. The molecular formula is C10H12N2O2. The van der Waals surface area contributed by atoms with Crippen LogP contribution in [-0.2, 0) is 0 Å². The zero-order valence-electron chi connectivity index (χ0n) is 7.73. The van der Waals surface area contributed by atoms with Crippen molar-refractivity contribution >= 4 is 5.97 Å². The molecule has 1 aromatic heterocycles. The Morgan fingerprint density at radius 2 is 2.50 bits per heavy atom. The highest BCUT2D eigenvalue weighted by molar-refractivity contribution is 5.89. The summed E-state index contributed by atoms with van der Waals surface area (Å²) in [5.41, 5.74) is 1.05. The number of hydrogen-bond donors (Lipinski definition) is 2. The van der Waals surface area contributed by atoms with E-state index in [0.29, 0.717) is 11.3 Å². The van der Waals surface area contributed by atoms with Crippen LogP contribution in [0.1, 0.15) is 28.4 Å². The van der Waals surface area contributed by atoms with Gasteiger partial charge in [0.25, 0.3) is 0 Å². The number of carboxylic acids is 1. The lowest BCUT2D eigenvalue weighted by atomic mass is 9.99. The van der Waals surface area contributed by atoms with Crippen LogP contribution in [-0.4, -0.2) is 29.1 Å². The Hall–Kier alpha value is -1.42. The Morgan fingerprint density at radius 1 is 1.64 bits per heavy atom. The Labute approximate surface area is 82.0 Å². The summed E-state index contributed by atoms with van der Waals surface area (Å²) in [4.78, 5) is 15.1. The highest BCUT2D eigenvalue weighted by atomic mass is 16.4. The van der Waals surface area contributed by atoms with E-state index in [-0.39, 0.29) is 5.92 Å². The summed E-state index contributed by atoms with van der Waals surface area (Å²) in [6.07, 6.45) is 2.62. The fraction of sp³-hybridized carbons (Fsp3) is 0.400. The highest BCUT2D eigenvalue weighted by Gasteiger charge is 2.22. The lowest BCUT2D eigenvalue weighted by molar-refractivity contribution is 0.0694. The molecule has 4 heteroatoms. The average molecular weight is 192 g/mol. The third-order valence-corrected chi connectivity index (χ3v) is 2.52. The van der Waals surface area contributed by atoms with Gasteiger partial charge < -0.3 is 10.4 Å². The normalized spacial score (nSPS) is 21.0. The predicted octanol–water partition coefficient (Wildman–Crippen LogP) is 0.857. The minimum absolute atomic E-state index is 0.252. The van der Waals surface area contributed by atoms with Crippen LogP contribution in [0.15, 0.2) is 18.3 Å². The van der Waals surface area contributed by atoms with E-state index in [1.165, 1.54) is 0 Å². The Morgan fingerprint density at radius 3 is 3.14 bits per heavy atom. The van der Waals surface area contributed by atoms with Crippen molar-refractivity contribution in [3.05, 3.63) is 29.6 Å². The minimum Gasteiger partial charge on any atom is -0.478 e. The summed E-state index contributed by atoms with van der Waals surface area (Å²) < 4.78 is 0. The fourth-order valence-corrected chi connectivity index (χ4v) is 1.81. The lowest BCUT2D eigenvalue weighted by Gasteiger charge is -2.09. The van der Waals surface area contributed by atoms with Gasteiger partial charge in [0.1, 0.15) is 0 Å². The van der Waals surface area contributed by atoms with Gasteiger partial charge in [0.05, 0.1) is 11.3 Å². The maximum Gasteiger partial charge on any atom is 0.337 e. The van der Waals surface area contributed by atoms with Crippen LogP contribution in [0.4, 0.5) is 0 Å². The van der Waals surface area contributed by atoms with Crippen molar-refractivity contribution in [1.82, 2.24) is 10.3 Å². The van der Waals surface area contributed by atoms with Gasteiger partial charge in [-0.1, -0.05) is 0 Å². The number of aromatic carboxylic acids is 1. The van der Waals surface area contributed by atoms with Crippen molar-refractivity contribution < 1.29 is 9.90 Å². The second kappa shape index (κ2) is 3.75. The van der Waals surface area contributed by atoms with Crippen molar-refractivity contribution in [3.63, 3.8) is 0 Å². The monoisotopic (exact) mass is 192 g/mol. The van der Waals surface area contributed by atoms with Crippen molar-refractivity contribution in [1.29, 1.82) is 0 Å². The molecule has 2 rings (SSSR count). The van der Waals surface area contributed by atoms with Crippen molar-refractivity contribution in [3.8, 4) is 0 Å².